The molecule has 0 spiro atoms. The fraction of sp³-hybridized carbons (Fsp3) is 0.422. The molecule has 0 aliphatic heterocycles. The molecular weight excluding hydrogens is 905 g/mol. The molecule has 9 nitrogen and oxygen atoms in total. The Morgan fingerprint density at radius 1 is 0.724 bits per heavy atom. The van der Waals surface area contributed by atoms with E-state index < -0.39 is 0 Å². The SMILES string of the molecule is CC(C)CN(CC(C)C)c1c(Cl)cc(Br)cc1[N+](=O)[O-].Cc1ccc(CC(=O)Nc2cc(Br)cc(Cl)c2N(CC(C)C)CC(C)C)cc1.Cc1ccc(N=C=O)cc1. The quantitative estimate of drug-likeness (QED) is 0.0550. The fourth-order valence-electron chi connectivity index (χ4n) is 6.02. The molecule has 4 aromatic carbocycles. The van der Waals surface area contributed by atoms with Crippen LogP contribution in [0, 0.1) is 47.6 Å². The minimum Gasteiger partial charge on any atom is -0.368 e. The van der Waals surface area contributed by atoms with E-state index in [0.29, 0.717) is 56.0 Å². The van der Waals surface area contributed by atoms with Crippen LogP contribution in [0.5, 0.6) is 0 Å². The summed E-state index contributed by atoms with van der Waals surface area (Å²) in [6.07, 6.45) is 1.81. The summed E-state index contributed by atoms with van der Waals surface area (Å²) in [5, 5.41) is 15.4. The van der Waals surface area contributed by atoms with Crippen LogP contribution < -0.4 is 15.1 Å². The number of aliphatic imine (C=N–C) groups is 1. The summed E-state index contributed by atoms with van der Waals surface area (Å²) in [5.41, 5.74) is 6.19. The third-order valence-electron chi connectivity index (χ3n) is 8.18. The lowest BCUT2D eigenvalue weighted by molar-refractivity contribution is -0.384. The number of carbonyl (C=O) groups is 1. The number of halogens is 4. The molecule has 0 aliphatic rings. The van der Waals surface area contributed by atoms with Crippen molar-refractivity contribution in [2.75, 3.05) is 41.3 Å². The third kappa shape index (κ3) is 18.0. The van der Waals surface area contributed by atoms with Crippen molar-refractivity contribution in [1.82, 2.24) is 0 Å². The molecule has 0 unspecified atom stereocenters. The van der Waals surface area contributed by atoms with Crippen molar-refractivity contribution in [2.24, 2.45) is 28.7 Å². The van der Waals surface area contributed by atoms with E-state index >= 15 is 0 Å². The van der Waals surface area contributed by atoms with Gasteiger partial charge in [-0.3, -0.25) is 14.9 Å². The molecular formula is C45H57Br2Cl2N5O4. The Hall–Kier alpha value is -3.73. The van der Waals surface area contributed by atoms with Crippen molar-refractivity contribution in [1.29, 1.82) is 0 Å². The van der Waals surface area contributed by atoms with E-state index in [1.165, 1.54) is 17.7 Å². The molecule has 1 N–H and O–H groups in total. The molecule has 0 saturated carbocycles. The van der Waals surface area contributed by atoms with Crippen molar-refractivity contribution < 1.29 is 14.5 Å². The maximum absolute atomic E-state index is 12.7. The molecule has 0 aromatic heterocycles. The molecule has 314 valence electrons. The van der Waals surface area contributed by atoms with E-state index in [0.717, 1.165) is 53.2 Å². The number of hydrogen-bond acceptors (Lipinski definition) is 7. The van der Waals surface area contributed by atoms with E-state index in [2.05, 4.69) is 102 Å². The van der Waals surface area contributed by atoms with Crippen molar-refractivity contribution in [3.63, 3.8) is 0 Å². The van der Waals surface area contributed by atoms with Gasteiger partial charge in [-0.2, -0.15) is 4.99 Å². The van der Waals surface area contributed by atoms with E-state index in [9.17, 15) is 19.7 Å². The number of hydrogen-bond donors (Lipinski definition) is 1. The second kappa shape index (κ2) is 25.0. The number of isocyanates is 1. The van der Waals surface area contributed by atoms with Gasteiger partial charge in [0.05, 0.1) is 38.5 Å². The predicted octanol–water partition coefficient (Wildman–Crippen LogP) is 13.8. The zero-order valence-corrected chi connectivity index (χ0v) is 39.9. The summed E-state index contributed by atoms with van der Waals surface area (Å²) in [6, 6.07) is 22.4. The number of aryl methyl sites for hydroxylation is 2. The first-order valence-corrected chi connectivity index (χ1v) is 21.7. The van der Waals surface area contributed by atoms with Crippen LogP contribution in [-0.4, -0.2) is 43.1 Å². The van der Waals surface area contributed by atoms with Gasteiger partial charge < -0.3 is 15.1 Å². The highest BCUT2D eigenvalue weighted by atomic mass is 79.9. The van der Waals surface area contributed by atoms with Crippen LogP contribution in [0.25, 0.3) is 0 Å². The molecule has 58 heavy (non-hydrogen) atoms. The first-order chi connectivity index (χ1) is 27.2. The van der Waals surface area contributed by atoms with E-state index in [4.69, 9.17) is 23.2 Å². The first kappa shape index (κ1) is 50.4. The third-order valence-corrected chi connectivity index (χ3v) is 9.67. The summed E-state index contributed by atoms with van der Waals surface area (Å²) in [7, 11) is 0. The van der Waals surface area contributed by atoms with Crippen molar-refractivity contribution in [3.8, 4) is 0 Å². The van der Waals surface area contributed by atoms with Gasteiger partial charge in [0, 0.05) is 41.2 Å². The van der Waals surface area contributed by atoms with Crippen LogP contribution in [0.2, 0.25) is 10.0 Å². The van der Waals surface area contributed by atoms with Crippen LogP contribution in [0.15, 0.2) is 86.7 Å². The Balaban J connectivity index is 0.000000335. The van der Waals surface area contributed by atoms with Gasteiger partial charge in [-0.05, 0) is 73.4 Å². The zero-order chi connectivity index (χ0) is 43.7. The highest BCUT2D eigenvalue weighted by molar-refractivity contribution is 9.10. The van der Waals surface area contributed by atoms with E-state index in [1.54, 1.807) is 18.2 Å². The number of nitrogens with zero attached hydrogens (tertiary/aromatic N) is 4. The largest absolute Gasteiger partial charge is 0.368 e. The van der Waals surface area contributed by atoms with Crippen molar-refractivity contribution >= 4 is 95.5 Å². The van der Waals surface area contributed by atoms with Crippen LogP contribution >= 0.6 is 55.1 Å². The second-order valence-electron chi connectivity index (χ2n) is 15.9. The lowest BCUT2D eigenvalue weighted by Gasteiger charge is -2.31. The normalized spacial score (nSPS) is 10.7. The van der Waals surface area contributed by atoms with Gasteiger partial charge in [-0.25, -0.2) is 4.79 Å². The van der Waals surface area contributed by atoms with Gasteiger partial charge in [-0.1, -0.05) is 158 Å². The van der Waals surface area contributed by atoms with Crippen LogP contribution in [-0.2, 0) is 16.0 Å². The summed E-state index contributed by atoms with van der Waals surface area (Å²) in [4.78, 5) is 41.2. The fourth-order valence-corrected chi connectivity index (χ4v) is 7.86. The highest BCUT2D eigenvalue weighted by Crippen LogP contribution is 2.40. The number of nitro groups is 1. The number of amides is 1. The van der Waals surface area contributed by atoms with Gasteiger partial charge in [0.2, 0.25) is 12.0 Å². The predicted molar refractivity (Wildman–Crippen MR) is 251 cm³/mol. The smallest absolute Gasteiger partial charge is 0.295 e. The number of carbonyl (C=O) groups excluding carboxylic acids is 2. The van der Waals surface area contributed by atoms with E-state index in [-0.39, 0.29) is 16.5 Å². The van der Waals surface area contributed by atoms with E-state index in [1.807, 2.05) is 67.3 Å². The number of nitrogens with one attached hydrogen (secondary N) is 1. The van der Waals surface area contributed by atoms with Crippen LogP contribution in [0.4, 0.5) is 28.4 Å². The van der Waals surface area contributed by atoms with Crippen LogP contribution in [0.1, 0.15) is 72.1 Å². The zero-order valence-electron chi connectivity index (χ0n) is 35.2. The topological polar surface area (TPSA) is 108 Å². The number of benzene rings is 4. The molecule has 0 bridgehead atoms. The molecule has 0 heterocycles. The lowest BCUT2D eigenvalue weighted by Crippen LogP contribution is -2.32. The maximum Gasteiger partial charge on any atom is 0.295 e. The Labute approximate surface area is 372 Å². The minimum atomic E-state index is -0.375. The highest BCUT2D eigenvalue weighted by Gasteiger charge is 2.25. The first-order valence-electron chi connectivity index (χ1n) is 19.3. The average Bonchev–Trinajstić information content (AvgIpc) is 3.09. The molecule has 0 radical (unpaired) electrons. The van der Waals surface area contributed by atoms with Gasteiger partial charge in [0.1, 0.15) is 5.69 Å². The Morgan fingerprint density at radius 2 is 1.14 bits per heavy atom. The summed E-state index contributed by atoms with van der Waals surface area (Å²) in [6.45, 7) is 24.4. The maximum atomic E-state index is 12.7. The molecule has 13 heteroatoms. The standard InChI is InChI=1S/C23H30BrClN2O.C14H20BrClN2O2.C8H7NO/c1-15(2)13-27(14-16(3)4)23-20(25)11-19(24)12-21(23)26-22(28)10-18-8-6-17(5)7-9-18;1-9(2)7-17(8-10(3)4)14-12(16)5-11(15)6-13(14)18(19)20;1-7-2-4-8(5-3-7)9-6-10/h6-9,11-12,15-16H,10,13-14H2,1-5H3,(H,26,28);5-6,9-10H,7-8H2,1-4H3;2-5H,1H3. The molecule has 0 fully saturated rings. The summed E-state index contributed by atoms with van der Waals surface area (Å²) in [5.74, 6) is 1.71. The Morgan fingerprint density at radius 3 is 1.57 bits per heavy atom. The van der Waals surface area contributed by atoms with Gasteiger partial charge >= 0.3 is 0 Å². The number of nitro benzene ring substituents is 1. The van der Waals surface area contributed by atoms with Gasteiger partial charge in [0.15, 0.2) is 0 Å². The number of rotatable bonds is 15. The van der Waals surface area contributed by atoms with Crippen molar-refractivity contribution in [3.05, 3.63) is 119 Å². The second-order valence-corrected chi connectivity index (χ2v) is 18.6. The summed E-state index contributed by atoms with van der Waals surface area (Å²) >= 11 is 19.7. The molecule has 4 aromatic rings. The minimum absolute atomic E-state index is 0.0469. The Kier molecular flexibility index (Phi) is 21.7. The molecule has 0 atom stereocenters. The lowest BCUT2D eigenvalue weighted by atomic mass is 10.1. The molecule has 4 rings (SSSR count). The molecule has 0 aliphatic carbocycles. The Bertz CT molecular complexity index is 1960. The van der Waals surface area contributed by atoms with Crippen LogP contribution in [0.3, 0.4) is 0 Å². The molecule has 0 saturated heterocycles. The molecule has 1 amide bonds. The van der Waals surface area contributed by atoms with Crippen molar-refractivity contribution in [2.45, 2.75) is 75.7 Å². The summed E-state index contributed by atoms with van der Waals surface area (Å²) < 4.78 is 1.47. The van der Waals surface area contributed by atoms with Gasteiger partial charge in [-0.15, -0.1) is 0 Å². The average molecular weight is 963 g/mol. The monoisotopic (exact) mass is 959 g/mol. The number of anilines is 3. The van der Waals surface area contributed by atoms with Gasteiger partial charge in [0.25, 0.3) is 5.69 Å².